The number of halogens is 3. The molecule has 7 heteroatoms. The first-order chi connectivity index (χ1) is 9.25. The van der Waals surface area contributed by atoms with Crippen molar-refractivity contribution in [3.05, 3.63) is 28.8 Å². The second-order valence-electron chi connectivity index (χ2n) is 4.26. The molecule has 0 radical (unpaired) electrons. The lowest BCUT2D eigenvalue weighted by atomic mass is 9.99. The normalized spacial score (nSPS) is 17.9. The smallest absolute Gasteiger partial charge is 0.430 e. The molecular formula is C13H11F3O4. The first-order valence-corrected chi connectivity index (χ1v) is 5.61. The second kappa shape index (κ2) is 4.73. The predicted octanol–water partition coefficient (Wildman–Crippen LogP) is 2.79. The predicted molar refractivity (Wildman–Crippen MR) is 63.8 cm³/mol. The minimum Gasteiger partial charge on any atom is -0.496 e. The first kappa shape index (κ1) is 14.2. The molecule has 0 spiro atoms. The summed E-state index contributed by atoms with van der Waals surface area (Å²) in [5.74, 6) is -1.31. The maximum absolute atomic E-state index is 12.9. The van der Waals surface area contributed by atoms with Crippen LogP contribution in [0, 0.1) is 6.92 Å². The lowest BCUT2D eigenvalue weighted by Crippen LogP contribution is -2.40. The van der Waals surface area contributed by atoms with Crippen molar-refractivity contribution in [1.29, 1.82) is 0 Å². The number of methoxy groups -OCH3 is 1. The molecule has 0 bridgehead atoms. The molecule has 0 fully saturated rings. The van der Waals surface area contributed by atoms with E-state index < -0.39 is 23.8 Å². The minimum atomic E-state index is -4.81. The molecule has 1 unspecified atom stereocenters. The molecule has 2 rings (SSSR count). The van der Waals surface area contributed by atoms with Crippen molar-refractivity contribution in [2.45, 2.75) is 19.2 Å². The van der Waals surface area contributed by atoms with Crippen molar-refractivity contribution in [3.8, 4) is 11.5 Å². The third-order valence-corrected chi connectivity index (χ3v) is 2.98. The molecule has 4 nitrogen and oxygen atoms in total. The molecule has 1 aromatic rings. The SMILES string of the molecule is COc1ccc2c(c1C)OC(C(F)(F)F)C(C(=O)O)=C2. The van der Waals surface area contributed by atoms with Gasteiger partial charge in [0, 0.05) is 11.1 Å². The Morgan fingerprint density at radius 1 is 1.40 bits per heavy atom. The Kier molecular flexibility index (Phi) is 3.37. The summed E-state index contributed by atoms with van der Waals surface area (Å²) in [4.78, 5) is 11.0. The van der Waals surface area contributed by atoms with Gasteiger partial charge in [-0.1, -0.05) is 0 Å². The average molecular weight is 288 g/mol. The van der Waals surface area contributed by atoms with Crippen molar-refractivity contribution in [1.82, 2.24) is 0 Å². The first-order valence-electron chi connectivity index (χ1n) is 5.61. The summed E-state index contributed by atoms with van der Waals surface area (Å²) < 4.78 is 48.6. The molecule has 1 aliphatic rings. The molecular weight excluding hydrogens is 277 g/mol. The monoisotopic (exact) mass is 288 g/mol. The van der Waals surface area contributed by atoms with Gasteiger partial charge in [-0.3, -0.25) is 0 Å². The molecule has 0 aromatic heterocycles. The molecule has 0 saturated carbocycles. The molecule has 0 saturated heterocycles. The quantitative estimate of drug-likeness (QED) is 0.909. The third kappa shape index (κ3) is 2.31. The van der Waals surface area contributed by atoms with Crippen molar-refractivity contribution in [2.75, 3.05) is 7.11 Å². The fourth-order valence-electron chi connectivity index (χ4n) is 2.03. The summed E-state index contributed by atoms with van der Waals surface area (Å²) in [6, 6.07) is 3.00. The summed E-state index contributed by atoms with van der Waals surface area (Å²) in [5.41, 5.74) is -0.171. The van der Waals surface area contributed by atoms with Gasteiger partial charge in [0.25, 0.3) is 0 Å². The van der Waals surface area contributed by atoms with Crippen LogP contribution in [-0.2, 0) is 4.79 Å². The highest BCUT2D eigenvalue weighted by atomic mass is 19.4. The van der Waals surface area contributed by atoms with Gasteiger partial charge < -0.3 is 14.6 Å². The van der Waals surface area contributed by atoms with E-state index in [2.05, 4.69) is 0 Å². The molecule has 1 atom stereocenters. The van der Waals surface area contributed by atoms with E-state index in [-0.39, 0.29) is 11.3 Å². The Bertz CT molecular complexity index is 590. The Balaban J connectivity index is 2.60. The van der Waals surface area contributed by atoms with Crippen LogP contribution in [0.2, 0.25) is 0 Å². The molecule has 0 amide bonds. The van der Waals surface area contributed by atoms with Crippen molar-refractivity contribution in [2.24, 2.45) is 0 Å². The van der Waals surface area contributed by atoms with Gasteiger partial charge in [0.05, 0.1) is 12.7 Å². The topological polar surface area (TPSA) is 55.8 Å². The lowest BCUT2D eigenvalue weighted by molar-refractivity contribution is -0.187. The Labute approximate surface area is 112 Å². The number of fused-ring (bicyclic) bond motifs is 1. The highest BCUT2D eigenvalue weighted by Crippen LogP contribution is 2.41. The van der Waals surface area contributed by atoms with Crippen LogP contribution in [0.25, 0.3) is 6.08 Å². The van der Waals surface area contributed by atoms with Crippen molar-refractivity contribution >= 4 is 12.0 Å². The number of hydrogen-bond donors (Lipinski definition) is 1. The van der Waals surface area contributed by atoms with E-state index in [1.54, 1.807) is 13.0 Å². The number of hydrogen-bond acceptors (Lipinski definition) is 3. The number of rotatable bonds is 2. The molecule has 20 heavy (non-hydrogen) atoms. The number of aliphatic carboxylic acids is 1. The zero-order valence-electron chi connectivity index (χ0n) is 10.6. The van der Waals surface area contributed by atoms with Crippen LogP contribution >= 0.6 is 0 Å². The third-order valence-electron chi connectivity index (χ3n) is 2.98. The maximum Gasteiger partial charge on any atom is 0.430 e. The van der Waals surface area contributed by atoms with Gasteiger partial charge in [-0.05, 0) is 25.1 Å². The van der Waals surface area contributed by atoms with Gasteiger partial charge in [-0.2, -0.15) is 13.2 Å². The molecule has 1 aliphatic heterocycles. The van der Waals surface area contributed by atoms with Crippen LogP contribution in [0.3, 0.4) is 0 Å². The van der Waals surface area contributed by atoms with Crippen LogP contribution < -0.4 is 9.47 Å². The van der Waals surface area contributed by atoms with E-state index in [1.165, 1.54) is 13.2 Å². The Hall–Kier alpha value is -2.18. The fraction of sp³-hybridized carbons (Fsp3) is 0.308. The number of carboxylic acids is 1. The lowest BCUT2D eigenvalue weighted by Gasteiger charge is -2.28. The van der Waals surface area contributed by atoms with Gasteiger partial charge in [0.15, 0.2) is 0 Å². The highest BCUT2D eigenvalue weighted by molar-refractivity contribution is 5.95. The van der Waals surface area contributed by atoms with Crippen LogP contribution in [0.5, 0.6) is 11.5 Å². The van der Waals surface area contributed by atoms with Crippen LogP contribution in [-0.4, -0.2) is 30.5 Å². The average Bonchev–Trinajstić information content (AvgIpc) is 2.37. The maximum atomic E-state index is 12.9. The zero-order chi connectivity index (χ0) is 15.1. The number of carbonyl (C=O) groups is 1. The van der Waals surface area contributed by atoms with E-state index >= 15 is 0 Å². The standard InChI is InChI=1S/C13H11F3O4/c1-6-9(19-2)4-3-7-5-8(12(17)18)11(13(14,15)16)20-10(6)7/h3-5,11H,1-2H3,(H,17,18). The van der Waals surface area contributed by atoms with Crippen molar-refractivity contribution < 1.29 is 32.5 Å². The molecule has 1 heterocycles. The van der Waals surface area contributed by atoms with Gasteiger partial charge in [-0.25, -0.2) is 4.79 Å². The summed E-state index contributed by atoms with van der Waals surface area (Å²) in [6.07, 6.45) is -6.32. The van der Waals surface area contributed by atoms with Crippen LogP contribution in [0.4, 0.5) is 13.2 Å². The number of carboxylic acid groups (broad SMARTS) is 1. The summed E-state index contributed by atoms with van der Waals surface area (Å²) >= 11 is 0. The largest absolute Gasteiger partial charge is 0.496 e. The zero-order valence-corrected chi connectivity index (χ0v) is 10.6. The highest BCUT2D eigenvalue weighted by Gasteiger charge is 2.48. The number of benzene rings is 1. The fourth-order valence-corrected chi connectivity index (χ4v) is 2.03. The van der Waals surface area contributed by atoms with Gasteiger partial charge in [0.1, 0.15) is 11.5 Å². The number of alkyl halides is 3. The van der Waals surface area contributed by atoms with E-state index in [0.717, 1.165) is 6.08 Å². The van der Waals surface area contributed by atoms with Gasteiger partial charge >= 0.3 is 12.1 Å². The summed E-state index contributed by atoms with van der Waals surface area (Å²) in [6.45, 7) is 1.55. The minimum absolute atomic E-state index is 0.0170. The van der Waals surface area contributed by atoms with Crippen molar-refractivity contribution in [3.63, 3.8) is 0 Å². The van der Waals surface area contributed by atoms with E-state index in [0.29, 0.717) is 11.3 Å². The van der Waals surface area contributed by atoms with E-state index in [1.807, 2.05) is 0 Å². The molecule has 0 aliphatic carbocycles. The number of ether oxygens (including phenoxy) is 2. The summed E-state index contributed by atoms with van der Waals surface area (Å²) in [5, 5.41) is 8.89. The van der Waals surface area contributed by atoms with Crippen LogP contribution in [0.1, 0.15) is 11.1 Å². The molecule has 108 valence electrons. The molecule has 1 N–H and O–H groups in total. The second-order valence-corrected chi connectivity index (χ2v) is 4.26. The Morgan fingerprint density at radius 2 is 2.05 bits per heavy atom. The van der Waals surface area contributed by atoms with E-state index in [9.17, 15) is 18.0 Å². The van der Waals surface area contributed by atoms with Gasteiger partial charge in [-0.15, -0.1) is 0 Å². The van der Waals surface area contributed by atoms with Crippen LogP contribution in [0.15, 0.2) is 17.7 Å². The van der Waals surface area contributed by atoms with E-state index in [4.69, 9.17) is 14.6 Å². The van der Waals surface area contributed by atoms with Gasteiger partial charge in [0.2, 0.25) is 6.10 Å². The molecule has 1 aromatic carbocycles. The Morgan fingerprint density at radius 3 is 2.55 bits per heavy atom. The summed E-state index contributed by atoms with van der Waals surface area (Å²) in [7, 11) is 1.39.